The van der Waals surface area contributed by atoms with Crippen LogP contribution in [-0.2, 0) is 23.0 Å². The van der Waals surface area contributed by atoms with Crippen molar-refractivity contribution in [3.8, 4) is 11.3 Å². The lowest BCUT2D eigenvalue weighted by molar-refractivity contribution is 0.391. The minimum atomic E-state index is -3.59. The maximum atomic E-state index is 13.3. The number of benzene rings is 2. The Bertz CT molecular complexity index is 1070. The van der Waals surface area contributed by atoms with E-state index >= 15 is 0 Å². The highest BCUT2D eigenvalue weighted by molar-refractivity contribution is 7.89. The van der Waals surface area contributed by atoms with Crippen molar-refractivity contribution >= 4 is 10.0 Å². The number of sulfonamides is 1. The maximum Gasteiger partial charge on any atom is 0.243 e. The van der Waals surface area contributed by atoms with Gasteiger partial charge in [-0.25, -0.2) is 8.42 Å². The van der Waals surface area contributed by atoms with Gasteiger partial charge < -0.3 is 4.52 Å². The first-order valence-corrected chi connectivity index (χ1v) is 10.0. The first kappa shape index (κ1) is 17.0. The summed E-state index contributed by atoms with van der Waals surface area (Å²) >= 11 is 0. The molecule has 1 aromatic heterocycles. The van der Waals surface area contributed by atoms with E-state index in [1.807, 2.05) is 44.2 Å². The molecule has 0 spiro atoms. The highest BCUT2D eigenvalue weighted by atomic mass is 32.2. The summed E-state index contributed by atoms with van der Waals surface area (Å²) in [5.74, 6) is 0.572. The third-order valence-electron chi connectivity index (χ3n) is 4.81. The Morgan fingerprint density at radius 2 is 1.81 bits per heavy atom. The molecule has 1 aliphatic rings. The van der Waals surface area contributed by atoms with Gasteiger partial charge in [0, 0.05) is 24.7 Å². The number of rotatable bonds is 3. The fourth-order valence-corrected chi connectivity index (χ4v) is 5.01. The standard InChI is InChI=1S/C20H20N2O3S/c1-14-7-8-17(19-11-15(2)21-25-19)12-20(14)26(23,24)22-10-9-16-5-3-4-6-18(16)13-22/h3-8,11-12H,9-10,13H2,1-2H3. The average Bonchev–Trinajstić information content (AvgIpc) is 3.08. The van der Waals surface area contributed by atoms with Crippen LogP contribution in [0.5, 0.6) is 0 Å². The van der Waals surface area contributed by atoms with Crippen LogP contribution in [0.3, 0.4) is 0 Å². The van der Waals surface area contributed by atoms with Crippen LogP contribution in [0.2, 0.25) is 0 Å². The van der Waals surface area contributed by atoms with Gasteiger partial charge in [0.1, 0.15) is 0 Å². The molecule has 0 aliphatic carbocycles. The number of nitrogens with zero attached hydrogens (tertiary/aromatic N) is 2. The molecule has 0 N–H and O–H groups in total. The molecule has 26 heavy (non-hydrogen) atoms. The Labute approximate surface area is 153 Å². The van der Waals surface area contributed by atoms with Crippen LogP contribution in [0.25, 0.3) is 11.3 Å². The van der Waals surface area contributed by atoms with Gasteiger partial charge in [0.25, 0.3) is 0 Å². The zero-order chi connectivity index (χ0) is 18.3. The van der Waals surface area contributed by atoms with Crippen LogP contribution < -0.4 is 0 Å². The van der Waals surface area contributed by atoms with Crippen molar-refractivity contribution in [1.29, 1.82) is 0 Å². The molecule has 0 atom stereocenters. The average molecular weight is 368 g/mol. The van der Waals surface area contributed by atoms with Crippen molar-refractivity contribution in [3.05, 3.63) is 70.9 Å². The molecule has 6 heteroatoms. The van der Waals surface area contributed by atoms with Gasteiger partial charge in [0.2, 0.25) is 10.0 Å². The molecule has 2 aromatic carbocycles. The summed E-state index contributed by atoms with van der Waals surface area (Å²) in [5, 5.41) is 3.89. The second kappa shape index (κ2) is 6.37. The zero-order valence-electron chi connectivity index (χ0n) is 14.8. The van der Waals surface area contributed by atoms with E-state index in [1.165, 1.54) is 5.56 Å². The van der Waals surface area contributed by atoms with Crippen molar-refractivity contribution in [2.45, 2.75) is 31.7 Å². The third-order valence-corrected chi connectivity index (χ3v) is 6.80. The van der Waals surface area contributed by atoms with Gasteiger partial charge in [-0.05, 0) is 43.0 Å². The van der Waals surface area contributed by atoms with E-state index < -0.39 is 10.0 Å². The molecular weight excluding hydrogens is 348 g/mol. The molecule has 5 nitrogen and oxygen atoms in total. The molecule has 0 bridgehead atoms. The molecule has 1 aliphatic heterocycles. The Kier molecular flexibility index (Phi) is 4.17. The third kappa shape index (κ3) is 2.95. The highest BCUT2D eigenvalue weighted by Gasteiger charge is 2.29. The van der Waals surface area contributed by atoms with E-state index in [4.69, 9.17) is 4.52 Å². The van der Waals surface area contributed by atoms with Crippen LogP contribution in [0.1, 0.15) is 22.4 Å². The van der Waals surface area contributed by atoms with Crippen LogP contribution in [-0.4, -0.2) is 24.4 Å². The molecule has 3 aromatic rings. The van der Waals surface area contributed by atoms with Crippen molar-refractivity contribution in [3.63, 3.8) is 0 Å². The van der Waals surface area contributed by atoms with E-state index in [2.05, 4.69) is 11.2 Å². The predicted molar refractivity (Wildman–Crippen MR) is 99.2 cm³/mol. The van der Waals surface area contributed by atoms with Gasteiger partial charge in [0.05, 0.1) is 10.6 Å². The second-order valence-corrected chi connectivity index (χ2v) is 8.58. The van der Waals surface area contributed by atoms with Crippen molar-refractivity contribution < 1.29 is 12.9 Å². The summed E-state index contributed by atoms with van der Waals surface area (Å²) < 4.78 is 33.4. The molecule has 0 unspecified atom stereocenters. The van der Waals surface area contributed by atoms with E-state index in [-0.39, 0.29) is 0 Å². The van der Waals surface area contributed by atoms with E-state index in [0.717, 1.165) is 23.2 Å². The lowest BCUT2D eigenvalue weighted by Gasteiger charge is -2.28. The molecule has 0 saturated carbocycles. The smallest absolute Gasteiger partial charge is 0.243 e. The fourth-order valence-electron chi connectivity index (χ4n) is 3.34. The summed E-state index contributed by atoms with van der Waals surface area (Å²) in [6.45, 7) is 4.55. The summed E-state index contributed by atoms with van der Waals surface area (Å²) in [7, 11) is -3.59. The van der Waals surface area contributed by atoms with Crippen LogP contribution >= 0.6 is 0 Å². The molecule has 0 fully saturated rings. The summed E-state index contributed by atoms with van der Waals surface area (Å²) in [5.41, 5.74) is 4.50. The molecule has 0 amide bonds. The summed E-state index contributed by atoms with van der Waals surface area (Å²) in [6.07, 6.45) is 0.732. The Morgan fingerprint density at radius 1 is 1.04 bits per heavy atom. The maximum absolute atomic E-state index is 13.3. The van der Waals surface area contributed by atoms with Gasteiger partial charge in [-0.1, -0.05) is 41.6 Å². The zero-order valence-corrected chi connectivity index (χ0v) is 15.6. The monoisotopic (exact) mass is 368 g/mol. The first-order chi connectivity index (χ1) is 12.4. The quantitative estimate of drug-likeness (QED) is 0.707. The summed E-state index contributed by atoms with van der Waals surface area (Å²) in [4.78, 5) is 0.323. The van der Waals surface area contributed by atoms with Crippen molar-refractivity contribution in [2.75, 3.05) is 6.54 Å². The topological polar surface area (TPSA) is 63.4 Å². The van der Waals surface area contributed by atoms with Gasteiger partial charge in [0.15, 0.2) is 5.76 Å². The molecule has 0 radical (unpaired) electrons. The van der Waals surface area contributed by atoms with Crippen LogP contribution in [0.15, 0.2) is 57.9 Å². The van der Waals surface area contributed by atoms with Gasteiger partial charge >= 0.3 is 0 Å². The fraction of sp³-hybridized carbons (Fsp3) is 0.250. The number of fused-ring (bicyclic) bond motifs is 1. The highest BCUT2D eigenvalue weighted by Crippen LogP contribution is 2.30. The first-order valence-electron chi connectivity index (χ1n) is 8.56. The Hall–Kier alpha value is -2.44. The second-order valence-electron chi connectivity index (χ2n) is 6.67. The van der Waals surface area contributed by atoms with E-state index in [9.17, 15) is 8.42 Å². The number of hydrogen-bond acceptors (Lipinski definition) is 4. The van der Waals surface area contributed by atoms with Crippen LogP contribution in [0, 0.1) is 13.8 Å². The Morgan fingerprint density at radius 3 is 2.54 bits per heavy atom. The normalized spacial score (nSPS) is 15.0. The SMILES string of the molecule is Cc1cc(-c2ccc(C)c(S(=O)(=O)N3CCc4ccccc4C3)c2)on1. The van der Waals surface area contributed by atoms with Crippen molar-refractivity contribution in [2.24, 2.45) is 0 Å². The van der Waals surface area contributed by atoms with Crippen LogP contribution in [0.4, 0.5) is 0 Å². The summed E-state index contributed by atoms with van der Waals surface area (Å²) in [6, 6.07) is 15.2. The molecule has 0 saturated heterocycles. The molecule has 134 valence electrons. The number of aryl methyl sites for hydroxylation is 2. The minimum Gasteiger partial charge on any atom is -0.356 e. The van der Waals surface area contributed by atoms with Gasteiger partial charge in [-0.2, -0.15) is 4.31 Å². The molecule has 4 rings (SSSR count). The largest absolute Gasteiger partial charge is 0.356 e. The predicted octanol–water partition coefficient (Wildman–Crippen LogP) is 3.71. The van der Waals surface area contributed by atoms with Crippen molar-refractivity contribution in [1.82, 2.24) is 9.46 Å². The minimum absolute atomic E-state index is 0.323. The lowest BCUT2D eigenvalue weighted by Crippen LogP contribution is -2.36. The van der Waals surface area contributed by atoms with Gasteiger partial charge in [-0.3, -0.25) is 0 Å². The van der Waals surface area contributed by atoms with Gasteiger partial charge in [-0.15, -0.1) is 0 Å². The molecular formula is C20H20N2O3S. The van der Waals surface area contributed by atoms with E-state index in [0.29, 0.717) is 29.3 Å². The molecule has 2 heterocycles. The lowest BCUT2D eigenvalue weighted by atomic mass is 10.0. The number of aromatic nitrogens is 1. The number of hydrogen-bond donors (Lipinski definition) is 0. The van der Waals surface area contributed by atoms with E-state index in [1.54, 1.807) is 16.4 Å². The Balaban J connectivity index is 1.72.